The van der Waals surface area contributed by atoms with Crippen molar-refractivity contribution in [3.05, 3.63) is 95.3 Å². The molecule has 0 aliphatic rings. The lowest BCUT2D eigenvalue weighted by Gasteiger charge is -2.19. The zero-order valence-corrected chi connectivity index (χ0v) is 20.5. The number of nitrogens with one attached hydrogen (secondary N) is 1. The van der Waals surface area contributed by atoms with E-state index in [1.54, 1.807) is 0 Å². The summed E-state index contributed by atoms with van der Waals surface area (Å²) in [7, 11) is 0. The van der Waals surface area contributed by atoms with Crippen LogP contribution in [0.15, 0.2) is 72.8 Å². The highest BCUT2D eigenvalue weighted by molar-refractivity contribution is 5.94. The highest BCUT2D eigenvalue weighted by Crippen LogP contribution is 2.22. The molecule has 0 spiro atoms. The molecule has 0 saturated carbocycles. The van der Waals surface area contributed by atoms with E-state index in [1.807, 2.05) is 66.7 Å². The molecule has 0 radical (unpaired) electrons. The van der Waals surface area contributed by atoms with Crippen molar-refractivity contribution < 1.29 is 9.53 Å². The van der Waals surface area contributed by atoms with Crippen LogP contribution < -0.4 is 10.1 Å². The first-order valence-corrected chi connectivity index (χ1v) is 11.8. The summed E-state index contributed by atoms with van der Waals surface area (Å²) in [5, 5.41) is 3.04. The van der Waals surface area contributed by atoms with E-state index < -0.39 is 0 Å². The number of para-hydroxylation sites is 2. The largest absolute Gasteiger partial charge is 0.492 e. The van der Waals surface area contributed by atoms with E-state index in [0.717, 1.165) is 22.6 Å². The minimum absolute atomic E-state index is 0.0641. The average molecular weight is 456 g/mol. The molecule has 4 rings (SSSR count). The zero-order valence-electron chi connectivity index (χ0n) is 20.5. The lowest BCUT2D eigenvalue weighted by atomic mass is 9.87. The van der Waals surface area contributed by atoms with Crippen LogP contribution in [0, 0.1) is 6.92 Å². The van der Waals surface area contributed by atoms with Gasteiger partial charge in [0, 0.05) is 18.5 Å². The van der Waals surface area contributed by atoms with Gasteiger partial charge in [0.1, 0.15) is 18.2 Å². The standard InChI is InChI=1S/C29H33N3O2/c1-21-9-15-24(16-10-21)34-20-19-32-26-8-6-5-7-25(26)31-27(32)17-18-30-28(33)22-11-13-23(14-12-22)29(2,3)4/h5-16H,17-20H2,1-4H3,(H,30,33). The Hall–Kier alpha value is -3.60. The van der Waals surface area contributed by atoms with Crippen LogP contribution in [-0.4, -0.2) is 28.6 Å². The van der Waals surface area contributed by atoms with Gasteiger partial charge in [0.05, 0.1) is 17.6 Å². The Morgan fingerprint density at radius 2 is 1.68 bits per heavy atom. The number of aromatic nitrogens is 2. The topological polar surface area (TPSA) is 56.1 Å². The molecule has 0 atom stereocenters. The summed E-state index contributed by atoms with van der Waals surface area (Å²) in [6, 6.07) is 24.0. The molecule has 4 aromatic rings. The summed E-state index contributed by atoms with van der Waals surface area (Å²) in [6.07, 6.45) is 0.644. The predicted octanol–water partition coefficient (Wildman–Crippen LogP) is 5.69. The van der Waals surface area contributed by atoms with Gasteiger partial charge in [-0.1, -0.05) is 62.7 Å². The number of imidazole rings is 1. The number of fused-ring (bicyclic) bond motifs is 1. The summed E-state index contributed by atoms with van der Waals surface area (Å²) in [5.41, 5.74) is 5.20. The number of amides is 1. The summed E-state index contributed by atoms with van der Waals surface area (Å²) in [5.74, 6) is 1.74. The third kappa shape index (κ3) is 5.66. The molecule has 176 valence electrons. The van der Waals surface area contributed by atoms with Crippen LogP contribution in [0.25, 0.3) is 11.0 Å². The molecule has 0 saturated heterocycles. The molecule has 0 aliphatic carbocycles. The zero-order chi connectivity index (χ0) is 24.1. The minimum Gasteiger partial charge on any atom is -0.492 e. The van der Waals surface area contributed by atoms with Crippen molar-refractivity contribution in [2.24, 2.45) is 0 Å². The number of ether oxygens (including phenoxy) is 1. The first-order valence-electron chi connectivity index (χ1n) is 11.8. The van der Waals surface area contributed by atoms with Crippen LogP contribution in [0.5, 0.6) is 5.75 Å². The fourth-order valence-corrected chi connectivity index (χ4v) is 3.97. The van der Waals surface area contributed by atoms with Gasteiger partial charge >= 0.3 is 0 Å². The molecule has 5 heteroatoms. The van der Waals surface area contributed by atoms with Crippen LogP contribution in [0.4, 0.5) is 0 Å². The molecular formula is C29H33N3O2. The molecule has 34 heavy (non-hydrogen) atoms. The second kappa shape index (κ2) is 10.1. The highest BCUT2D eigenvalue weighted by Gasteiger charge is 2.15. The lowest BCUT2D eigenvalue weighted by Crippen LogP contribution is -2.27. The van der Waals surface area contributed by atoms with E-state index in [2.05, 4.69) is 43.6 Å². The van der Waals surface area contributed by atoms with Crippen LogP contribution in [0.1, 0.15) is 48.1 Å². The molecule has 1 aromatic heterocycles. The van der Waals surface area contributed by atoms with Gasteiger partial charge in [0.2, 0.25) is 0 Å². The number of hydrogen-bond acceptors (Lipinski definition) is 3. The normalized spacial score (nSPS) is 11.5. The third-order valence-corrected chi connectivity index (χ3v) is 5.99. The van der Waals surface area contributed by atoms with Crippen molar-refractivity contribution in [2.45, 2.75) is 46.1 Å². The highest BCUT2D eigenvalue weighted by atomic mass is 16.5. The summed E-state index contributed by atoms with van der Waals surface area (Å²) in [6.45, 7) is 10.3. The number of hydrogen-bond donors (Lipinski definition) is 1. The molecule has 1 amide bonds. The second-order valence-electron chi connectivity index (χ2n) is 9.66. The van der Waals surface area contributed by atoms with Crippen molar-refractivity contribution in [1.29, 1.82) is 0 Å². The molecule has 3 aromatic carbocycles. The van der Waals surface area contributed by atoms with E-state index >= 15 is 0 Å². The number of rotatable bonds is 8. The van der Waals surface area contributed by atoms with Gasteiger partial charge in [0.25, 0.3) is 5.91 Å². The van der Waals surface area contributed by atoms with Crippen LogP contribution >= 0.6 is 0 Å². The predicted molar refractivity (Wildman–Crippen MR) is 138 cm³/mol. The Morgan fingerprint density at radius 1 is 0.971 bits per heavy atom. The smallest absolute Gasteiger partial charge is 0.251 e. The third-order valence-electron chi connectivity index (χ3n) is 5.99. The number of carbonyl (C=O) groups excluding carboxylic acids is 1. The van der Waals surface area contributed by atoms with Crippen LogP contribution in [0.2, 0.25) is 0 Å². The molecule has 0 aliphatic heterocycles. The Kier molecular flexibility index (Phi) is 7.01. The quantitative estimate of drug-likeness (QED) is 0.371. The molecule has 0 unspecified atom stereocenters. The van der Waals surface area contributed by atoms with Gasteiger partial charge in [0.15, 0.2) is 0 Å². The van der Waals surface area contributed by atoms with Crippen molar-refractivity contribution in [3.8, 4) is 5.75 Å². The van der Waals surface area contributed by atoms with E-state index in [0.29, 0.717) is 31.7 Å². The number of nitrogens with zero attached hydrogens (tertiary/aromatic N) is 2. The van der Waals surface area contributed by atoms with E-state index in [1.165, 1.54) is 11.1 Å². The van der Waals surface area contributed by atoms with Crippen LogP contribution in [0.3, 0.4) is 0 Å². The Balaban J connectivity index is 1.39. The van der Waals surface area contributed by atoms with Gasteiger partial charge in [-0.05, 0) is 54.3 Å². The minimum atomic E-state index is -0.0641. The maximum atomic E-state index is 12.6. The van der Waals surface area contributed by atoms with E-state index in [-0.39, 0.29) is 11.3 Å². The number of aryl methyl sites for hydroxylation is 1. The second-order valence-corrected chi connectivity index (χ2v) is 9.66. The fraction of sp³-hybridized carbons (Fsp3) is 0.310. The molecule has 0 bridgehead atoms. The fourth-order valence-electron chi connectivity index (χ4n) is 3.97. The van der Waals surface area contributed by atoms with Gasteiger partial charge in [-0.25, -0.2) is 4.98 Å². The average Bonchev–Trinajstić information content (AvgIpc) is 3.17. The number of carbonyl (C=O) groups is 1. The van der Waals surface area contributed by atoms with Gasteiger partial charge in [-0.15, -0.1) is 0 Å². The van der Waals surface area contributed by atoms with Crippen molar-refractivity contribution in [1.82, 2.24) is 14.9 Å². The monoisotopic (exact) mass is 455 g/mol. The first-order chi connectivity index (χ1) is 16.3. The van der Waals surface area contributed by atoms with Gasteiger partial charge < -0.3 is 14.6 Å². The Morgan fingerprint density at radius 3 is 2.38 bits per heavy atom. The summed E-state index contributed by atoms with van der Waals surface area (Å²) >= 11 is 0. The van der Waals surface area contributed by atoms with Crippen LogP contribution in [-0.2, 0) is 18.4 Å². The molecular weight excluding hydrogens is 422 g/mol. The van der Waals surface area contributed by atoms with Crippen molar-refractivity contribution in [2.75, 3.05) is 13.2 Å². The maximum absolute atomic E-state index is 12.6. The molecule has 5 nitrogen and oxygen atoms in total. The van der Waals surface area contributed by atoms with Gasteiger partial charge in [-0.2, -0.15) is 0 Å². The van der Waals surface area contributed by atoms with Crippen molar-refractivity contribution in [3.63, 3.8) is 0 Å². The van der Waals surface area contributed by atoms with Crippen molar-refractivity contribution >= 4 is 16.9 Å². The first kappa shape index (κ1) is 23.6. The number of benzene rings is 3. The van der Waals surface area contributed by atoms with E-state index in [4.69, 9.17) is 9.72 Å². The lowest BCUT2D eigenvalue weighted by molar-refractivity contribution is 0.0954. The summed E-state index contributed by atoms with van der Waals surface area (Å²) in [4.78, 5) is 17.5. The molecule has 0 fully saturated rings. The van der Waals surface area contributed by atoms with E-state index in [9.17, 15) is 4.79 Å². The Bertz CT molecular complexity index is 1250. The Labute approximate surface area is 201 Å². The summed E-state index contributed by atoms with van der Waals surface area (Å²) < 4.78 is 8.14. The maximum Gasteiger partial charge on any atom is 0.251 e. The SMILES string of the molecule is Cc1ccc(OCCn2c(CCNC(=O)c3ccc(C(C)(C)C)cc3)nc3ccccc32)cc1. The molecule has 1 N–H and O–H groups in total. The molecule has 1 heterocycles. The van der Waals surface area contributed by atoms with Gasteiger partial charge in [-0.3, -0.25) is 4.79 Å².